The molecule has 1 aromatic heterocycles. The van der Waals surface area contributed by atoms with Gasteiger partial charge in [0.1, 0.15) is 12.1 Å². The molecule has 0 aliphatic heterocycles. The van der Waals surface area contributed by atoms with E-state index in [0.717, 1.165) is 11.5 Å². The Kier molecular flexibility index (Phi) is 7.24. The Morgan fingerprint density at radius 3 is 2.56 bits per heavy atom. The Morgan fingerprint density at radius 1 is 1.22 bits per heavy atom. The molecule has 102 valence electrons. The van der Waals surface area contributed by atoms with Crippen LogP contribution in [0.2, 0.25) is 0 Å². The van der Waals surface area contributed by atoms with Gasteiger partial charge in [0.05, 0.1) is 18.8 Å². The first kappa shape index (κ1) is 14.8. The molecular formula is C12H21N3O3. The van der Waals surface area contributed by atoms with Crippen molar-refractivity contribution in [1.82, 2.24) is 9.97 Å². The number of ether oxygens (including phenoxy) is 3. The van der Waals surface area contributed by atoms with Crippen LogP contribution in [0.1, 0.15) is 19.5 Å². The van der Waals surface area contributed by atoms with Gasteiger partial charge in [-0.3, -0.25) is 0 Å². The number of rotatable bonds is 9. The van der Waals surface area contributed by atoms with Crippen molar-refractivity contribution >= 4 is 5.82 Å². The van der Waals surface area contributed by atoms with E-state index in [2.05, 4.69) is 15.3 Å². The zero-order valence-electron chi connectivity index (χ0n) is 11.2. The molecule has 0 aliphatic rings. The van der Waals surface area contributed by atoms with Gasteiger partial charge >= 0.3 is 0 Å². The van der Waals surface area contributed by atoms with Gasteiger partial charge in [-0.25, -0.2) is 9.97 Å². The summed E-state index contributed by atoms with van der Waals surface area (Å²) in [4.78, 5) is 8.22. The maximum absolute atomic E-state index is 5.43. The van der Waals surface area contributed by atoms with Crippen LogP contribution in [0.4, 0.5) is 5.82 Å². The highest BCUT2D eigenvalue weighted by atomic mass is 16.7. The van der Waals surface area contributed by atoms with Crippen molar-refractivity contribution in [3.05, 3.63) is 18.1 Å². The van der Waals surface area contributed by atoms with Gasteiger partial charge in [-0.05, 0) is 13.8 Å². The molecule has 0 unspecified atom stereocenters. The Morgan fingerprint density at radius 2 is 1.94 bits per heavy atom. The summed E-state index contributed by atoms with van der Waals surface area (Å²) >= 11 is 0. The first-order valence-corrected chi connectivity index (χ1v) is 6.07. The Hall–Kier alpha value is -1.24. The molecule has 0 amide bonds. The fourth-order valence-corrected chi connectivity index (χ4v) is 1.45. The normalized spacial score (nSPS) is 10.9. The van der Waals surface area contributed by atoms with Crippen LogP contribution in [0.3, 0.4) is 0 Å². The average Bonchev–Trinajstić information content (AvgIpc) is 2.37. The molecule has 6 nitrogen and oxygen atoms in total. The zero-order chi connectivity index (χ0) is 13.2. The Balaban J connectivity index is 2.47. The molecule has 0 bridgehead atoms. The van der Waals surface area contributed by atoms with E-state index in [9.17, 15) is 0 Å². The zero-order valence-corrected chi connectivity index (χ0v) is 11.2. The fraction of sp³-hybridized carbons (Fsp3) is 0.667. The molecule has 0 fully saturated rings. The lowest BCUT2D eigenvalue weighted by atomic mass is 10.4. The number of methoxy groups -OCH3 is 1. The number of aromatic nitrogens is 2. The second-order valence-corrected chi connectivity index (χ2v) is 3.55. The van der Waals surface area contributed by atoms with Gasteiger partial charge in [0, 0.05) is 26.4 Å². The molecule has 0 atom stereocenters. The summed E-state index contributed by atoms with van der Waals surface area (Å²) in [6.45, 7) is 6.12. The Labute approximate surface area is 108 Å². The molecule has 6 heteroatoms. The lowest BCUT2D eigenvalue weighted by Crippen LogP contribution is -2.26. The quantitative estimate of drug-likeness (QED) is 0.673. The van der Waals surface area contributed by atoms with Gasteiger partial charge in [-0.15, -0.1) is 0 Å². The summed E-state index contributed by atoms with van der Waals surface area (Å²) in [6, 6.07) is 1.85. The average molecular weight is 255 g/mol. The van der Waals surface area contributed by atoms with E-state index in [4.69, 9.17) is 14.2 Å². The largest absolute Gasteiger partial charge is 0.378 e. The summed E-state index contributed by atoms with van der Waals surface area (Å²) in [5.41, 5.74) is 0.833. The molecular weight excluding hydrogens is 234 g/mol. The molecule has 0 spiro atoms. The van der Waals surface area contributed by atoms with E-state index in [1.807, 2.05) is 19.9 Å². The van der Waals surface area contributed by atoms with E-state index in [1.54, 1.807) is 7.11 Å². The summed E-state index contributed by atoms with van der Waals surface area (Å²) in [5.74, 6) is 0.737. The minimum atomic E-state index is -0.263. The van der Waals surface area contributed by atoms with Crippen molar-refractivity contribution in [3.8, 4) is 0 Å². The van der Waals surface area contributed by atoms with Crippen molar-refractivity contribution in [1.29, 1.82) is 0 Å². The fourth-order valence-electron chi connectivity index (χ4n) is 1.45. The van der Waals surface area contributed by atoms with Crippen molar-refractivity contribution < 1.29 is 14.2 Å². The van der Waals surface area contributed by atoms with Crippen LogP contribution in [0.25, 0.3) is 0 Å². The van der Waals surface area contributed by atoms with Crippen molar-refractivity contribution in [2.45, 2.75) is 26.7 Å². The van der Waals surface area contributed by atoms with E-state index in [-0.39, 0.29) is 6.29 Å². The van der Waals surface area contributed by atoms with E-state index in [1.165, 1.54) is 6.33 Å². The van der Waals surface area contributed by atoms with E-state index >= 15 is 0 Å². The third kappa shape index (κ3) is 5.39. The number of nitrogens with zero attached hydrogens (tertiary/aromatic N) is 2. The minimum absolute atomic E-state index is 0.263. The standard InChI is InChI=1S/C12H21N3O3/c1-4-17-12(18-5-2)7-13-11-6-10(8-16-3)14-9-15-11/h6,9,12H,4-5,7-8H2,1-3H3,(H,13,14,15). The van der Waals surface area contributed by atoms with Gasteiger partial charge in [0.2, 0.25) is 0 Å². The van der Waals surface area contributed by atoms with Crippen molar-refractivity contribution in [2.24, 2.45) is 0 Å². The molecule has 0 saturated heterocycles. The topological polar surface area (TPSA) is 65.5 Å². The van der Waals surface area contributed by atoms with E-state index < -0.39 is 0 Å². The predicted octanol–water partition coefficient (Wildman–Crippen LogP) is 1.43. The molecule has 1 rings (SSSR count). The van der Waals surface area contributed by atoms with Crippen LogP contribution >= 0.6 is 0 Å². The summed E-state index contributed by atoms with van der Waals surface area (Å²) in [5, 5.41) is 3.16. The second-order valence-electron chi connectivity index (χ2n) is 3.55. The van der Waals surface area contributed by atoms with Crippen LogP contribution < -0.4 is 5.32 Å². The number of hydrogen-bond acceptors (Lipinski definition) is 6. The van der Waals surface area contributed by atoms with Gasteiger partial charge in [-0.1, -0.05) is 0 Å². The lowest BCUT2D eigenvalue weighted by molar-refractivity contribution is -0.126. The molecule has 1 N–H and O–H groups in total. The van der Waals surface area contributed by atoms with Crippen LogP contribution in [0, 0.1) is 0 Å². The predicted molar refractivity (Wildman–Crippen MR) is 68.3 cm³/mol. The van der Waals surface area contributed by atoms with Gasteiger partial charge in [0.25, 0.3) is 0 Å². The highest BCUT2D eigenvalue weighted by Gasteiger charge is 2.08. The molecule has 18 heavy (non-hydrogen) atoms. The van der Waals surface area contributed by atoms with Crippen LogP contribution in [-0.4, -0.2) is 43.1 Å². The maximum atomic E-state index is 5.43. The third-order valence-electron chi connectivity index (χ3n) is 2.17. The second kappa shape index (κ2) is 8.79. The van der Waals surface area contributed by atoms with Gasteiger partial charge < -0.3 is 19.5 Å². The lowest BCUT2D eigenvalue weighted by Gasteiger charge is -2.17. The van der Waals surface area contributed by atoms with Crippen LogP contribution in [0.15, 0.2) is 12.4 Å². The molecule has 0 saturated carbocycles. The summed E-state index contributed by atoms with van der Waals surface area (Å²) in [6.07, 6.45) is 1.24. The summed E-state index contributed by atoms with van der Waals surface area (Å²) < 4.78 is 15.9. The first-order valence-electron chi connectivity index (χ1n) is 6.07. The van der Waals surface area contributed by atoms with Crippen LogP contribution in [0.5, 0.6) is 0 Å². The molecule has 0 aliphatic carbocycles. The van der Waals surface area contributed by atoms with E-state index in [0.29, 0.717) is 26.4 Å². The van der Waals surface area contributed by atoms with Crippen LogP contribution in [-0.2, 0) is 20.8 Å². The first-order chi connectivity index (χ1) is 8.80. The molecule has 0 radical (unpaired) electrons. The SMILES string of the molecule is CCOC(CNc1cc(COC)ncn1)OCC. The third-order valence-corrected chi connectivity index (χ3v) is 2.17. The smallest absolute Gasteiger partial charge is 0.174 e. The van der Waals surface area contributed by atoms with Gasteiger partial charge in [-0.2, -0.15) is 0 Å². The van der Waals surface area contributed by atoms with Gasteiger partial charge in [0.15, 0.2) is 6.29 Å². The number of nitrogens with one attached hydrogen (secondary N) is 1. The molecule has 0 aromatic carbocycles. The highest BCUT2D eigenvalue weighted by Crippen LogP contribution is 2.06. The van der Waals surface area contributed by atoms with Crippen molar-refractivity contribution in [3.63, 3.8) is 0 Å². The monoisotopic (exact) mass is 255 g/mol. The molecule has 1 heterocycles. The highest BCUT2D eigenvalue weighted by molar-refractivity contribution is 5.34. The maximum Gasteiger partial charge on any atom is 0.174 e. The summed E-state index contributed by atoms with van der Waals surface area (Å²) in [7, 11) is 1.63. The number of anilines is 1. The van der Waals surface area contributed by atoms with Crippen molar-refractivity contribution in [2.75, 3.05) is 32.2 Å². The minimum Gasteiger partial charge on any atom is -0.378 e. The number of hydrogen-bond donors (Lipinski definition) is 1. The Bertz CT molecular complexity index is 330. The molecule has 1 aromatic rings.